The normalized spacial score (nSPS) is 15.1. The minimum Gasteiger partial charge on any atom is -0.369 e. The second-order valence-electron chi connectivity index (χ2n) is 4.97. The molecule has 1 heterocycles. The average Bonchev–Trinajstić information content (AvgIpc) is 2.50. The van der Waals surface area contributed by atoms with Crippen LogP contribution in [0.3, 0.4) is 0 Å². The molecule has 1 atom stereocenters. The van der Waals surface area contributed by atoms with Gasteiger partial charge >= 0.3 is 1.43 Å². The van der Waals surface area contributed by atoms with Gasteiger partial charge in [-0.05, 0) is 45.0 Å². The van der Waals surface area contributed by atoms with Gasteiger partial charge in [-0.2, -0.15) is 0 Å². The van der Waals surface area contributed by atoms with Gasteiger partial charge in [-0.15, -0.1) is 11.8 Å². The molecule has 21 heavy (non-hydrogen) atoms. The van der Waals surface area contributed by atoms with Crippen molar-refractivity contribution < 1.29 is 11.0 Å². The molecule has 4 heteroatoms. The van der Waals surface area contributed by atoms with Crippen molar-refractivity contribution >= 4 is 40.3 Å². The number of carbonyl (C=O) groups excluding carboxylic acids is 2. The number of hydrogen-bond acceptors (Lipinski definition) is 3. The molecule has 3 nitrogen and oxygen atoms in total. The molecule has 3 rings (SSSR count). The van der Waals surface area contributed by atoms with Crippen molar-refractivity contribution in [3.05, 3.63) is 59.4 Å². The molecule has 2 aromatic rings. The number of carbonyl (C=O) groups is 2. The Hall–Kier alpha value is -2.07. The summed E-state index contributed by atoms with van der Waals surface area (Å²) in [6.07, 6.45) is 2.03. The first kappa shape index (κ1) is 13.9. The number of nitrogens with two attached hydrogens (primary N) is 1. The molecule has 0 saturated heterocycles. The van der Waals surface area contributed by atoms with Gasteiger partial charge in [0.05, 0.1) is 12.3 Å². The summed E-state index contributed by atoms with van der Waals surface area (Å²) in [7, 11) is 0. The van der Waals surface area contributed by atoms with E-state index in [1.165, 1.54) is 17.4 Å². The number of aldehydes is 1. The van der Waals surface area contributed by atoms with Gasteiger partial charge in [0.25, 0.3) is 0 Å². The van der Waals surface area contributed by atoms with E-state index in [0.29, 0.717) is 0 Å². The Morgan fingerprint density at radius 1 is 1.29 bits per heavy atom. The van der Waals surface area contributed by atoms with Crippen LogP contribution in [0.25, 0.3) is 16.3 Å². The van der Waals surface area contributed by atoms with Gasteiger partial charge in [0.15, 0.2) is 0 Å². The molecule has 1 unspecified atom stereocenters. The molecule has 1 aliphatic heterocycles. The zero-order valence-electron chi connectivity index (χ0n) is 12.3. The summed E-state index contributed by atoms with van der Waals surface area (Å²) in [6, 6.07) is 12.4. The molecule has 1 radical (unpaired) electrons. The van der Waals surface area contributed by atoms with E-state index in [2.05, 4.69) is 18.2 Å². The van der Waals surface area contributed by atoms with Crippen molar-refractivity contribution in [1.82, 2.24) is 0 Å². The zero-order chi connectivity index (χ0) is 14.8. The van der Waals surface area contributed by atoms with E-state index in [4.69, 9.17) is 5.73 Å². The van der Waals surface area contributed by atoms with E-state index in [1.54, 1.807) is 11.8 Å². The fraction of sp³-hybridized carbons (Fsp3) is 0.118. The van der Waals surface area contributed by atoms with Crippen LogP contribution >= 0.6 is 11.8 Å². The third kappa shape index (κ3) is 2.72. The van der Waals surface area contributed by atoms with Crippen molar-refractivity contribution in [2.24, 2.45) is 11.7 Å². The quantitative estimate of drug-likeness (QED) is 0.882. The number of fused-ring (bicyclic) bond motifs is 2. The highest BCUT2D eigenvalue weighted by atomic mass is 32.2. The number of allylic oxidation sites excluding steroid dienone is 1. The first-order valence-corrected chi connectivity index (χ1v) is 7.67. The van der Waals surface area contributed by atoms with Crippen LogP contribution in [0.1, 0.15) is 12.6 Å². The van der Waals surface area contributed by atoms with E-state index >= 15 is 0 Å². The van der Waals surface area contributed by atoms with Crippen molar-refractivity contribution in [2.45, 2.75) is 5.75 Å². The predicted octanol–water partition coefficient (Wildman–Crippen LogP) is 3.04. The fourth-order valence-electron chi connectivity index (χ4n) is 2.60. The maximum atomic E-state index is 11.3. The number of amides is 1. The maximum absolute atomic E-state index is 11.3. The van der Waals surface area contributed by atoms with Crippen LogP contribution in [-0.4, -0.2) is 12.2 Å². The SMILES string of the molecule is NC(=O)[CH]C(C=O)C1=CSCc2cc3ccccc3cc21.[H+]. The molecule has 0 bridgehead atoms. The largest absolute Gasteiger partial charge is 1.00 e. The Bertz CT molecular complexity index is 757. The van der Waals surface area contributed by atoms with E-state index in [1.807, 2.05) is 23.6 Å². The summed E-state index contributed by atoms with van der Waals surface area (Å²) in [5.41, 5.74) is 8.26. The minimum absolute atomic E-state index is 0. The topological polar surface area (TPSA) is 60.2 Å². The highest BCUT2D eigenvalue weighted by molar-refractivity contribution is 8.01. The van der Waals surface area contributed by atoms with E-state index in [-0.39, 0.29) is 1.43 Å². The van der Waals surface area contributed by atoms with Gasteiger partial charge < -0.3 is 10.5 Å². The summed E-state index contributed by atoms with van der Waals surface area (Å²) < 4.78 is 0. The summed E-state index contributed by atoms with van der Waals surface area (Å²) >= 11 is 1.63. The molecular weight excluding hydrogens is 282 g/mol. The van der Waals surface area contributed by atoms with Gasteiger partial charge in [-0.3, -0.25) is 4.79 Å². The zero-order valence-corrected chi connectivity index (χ0v) is 12.1. The lowest BCUT2D eigenvalue weighted by Gasteiger charge is -2.21. The molecule has 0 saturated carbocycles. The molecule has 1 amide bonds. The molecule has 2 aromatic carbocycles. The van der Waals surface area contributed by atoms with Crippen LogP contribution in [0, 0.1) is 12.3 Å². The number of rotatable bonds is 4. The van der Waals surface area contributed by atoms with Gasteiger partial charge in [-0.1, -0.05) is 24.3 Å². The molecule has 0 aromatic heterocycles. The number of benzene rings is 2. The number of hydrogen-bond donors (Lipinski definition) is 1. The smallest absolute Gasteiger partial charge is 0.369 e. The highest BCUT2D eigenvalue weighted by Gasteiger charge is 2.23. The van der Waals surface area contributed by atoms with Crippen LogP contribution in [-0.2, 0) is 15.3 Å². The Labute approximate surface area is 128 Å². The molecule has 2 N–H and O–H groups in total. The Morgan fingerprint density at radius 2 is 2.00 bits per heavy atom. The molecular formula is C17H15NO2S+. The monoisotopic (exact) mass is 297 g/mol. The third-order valence-electron chi connectivity index (χ3n) is 3.58. The lowest BCUT2D eigenvalue weighted by Crippen LogP contribution is -2.20. The van der Waals surface area contributed by atoms with Crippen LogP contribution < -0.4 is 5.73 Å². The van der Waals surface area contributed by atoms with Crippen molar-refractivity contribution in [1.29, 1.82) is 0 Å². The first-order chi connectivity index (χ1) is 10.2. The standard InChI is InChI=1S/C17H14NO2S/c18-17(20)7-13(8-19)16-10-21-9-14-5-11-3-1-2-4-12(11)6-15(14)16/h1-8,10,13H,9H2,(H2,18,20)/p+1. The van der Waals surface area contributed by atoms with Crippen LogP contribution in [0.2, 0.25) is 0 Å². The van der Waals surface area contributed by atoms with Crippen molar-refractivity contribution in [3.63, 3.8) is 0 Å². The van der Waals surface area contributed by atoms with Crippen LogP contribution in [0.4, 0.5) is 0 Å². The fourth-order valence-corrected chi connectivity index (χ4v) is 3.56. The first-order valence-electron chi connectivity index (χ1n) is 6.62. The predicted molar refractivity (Wildman–Crippen MR) is 87.4 cm³/mol. The van der Waals surface area contributed by atoms with E-state index < -0.39 is 11.8 Å². The molecule has 1 aliphatic rings. The highest BCUT2D eigenvalue weighted by Crippen LogP contribution is 2.38. The van der Waals surface area contributed by atoms with E-state index in [9.17, 15) is 9.59 Å². The lowest BCUT2D eigenvalue weighted by atomic mass is 9.88. The molecule has 105 valence electrons. The average molecular weight is 297 g/mol. The van der Waals surface area contributed by atoms with Crippen LogP contribution in [0.15, 0.2) is 41.8 Å². The van der Waals surface area contributed by atoms with Gasteiger partial charge in [0.1, 0.15) is 6.29 Å². The Balaban J connectivity index is 0.00000176. The van der Waals surface area contributed by atoms with Gasteiger partial charge in [0, 0.05) is 5.75 Å². The van der Waals surface area contributed by atoms with Crippen LogP contribution in [0.5, 0.6) is 0 Å². The second kappa shape index (κ2) is 5.74. The van der Waals surface area contributed by atoms with Gasteiger partial charge in [0.2, 0.25) is 5.91 Å². The molecule has 0 spiro atoms. The van der Waals surface area contributed by atoms with Crippen molar-refractivity contribution in [2.75, 3.05) is 0 Å². The summed E-state index contributed by atoms with van der Waals surface area (Å²) in [4.78, 5) is 22.4. The Morgan fingerprint density at radius 3 is 2.67 bits per heavy atom. The summed E-state index contributed by atoms with van der Waals surface area (Å²) in [5, 5.41) is 4.26. The molecule has 0 fully saturated rings. The van der Waals surface area contributed by atoms with Gasteiger partial charge in [-0.25, -0.2) is 0 Å². The lowest BCUT2D eigenvalue weighted by molar-refractivity contribution is -0.117. The third-order valence-corrected chi connectivity index (χ3v) is 4.48. The number of thioether (sulfide) groups is 1. The Kier molecular flexibility index (Phi) is 3.80. The summed E-state index contributed by atoms with van der Waals surface area (Å²) in [6.45, 7) is 0. The number of primary amides is 1. The maximum Gasteiger partial charge on any atom is 1.00 e. The van der Waals surface area contributed by atoms with Crippen molar-refractivity contribution in [3.8, 4) is 0 Å². The molecule has 0 aliphatic carbocycles. The minimum atomic E-state index is -0.588. The second-order valence-corrected chi connectivity index (χ2v) is 5.83. The van der Waals surface area contributed by atoms with E-state index in [0.717, 1.165) is 28.6 Å². The summed E-state index contributed by atoms with van der Waals surface area (Å²) in [5.74, 6) is -0.299.